The first kappa shape index (κ1) is 33.3. The maximum Gasteiger partial charge on any atom is 0.325 e. The van der Waals surface area contributed by atoms with Gasteiger partial charge in [0.1, 0.15) is 11.5 Å². The molecule has 0 spiro atoms. The topological polar surface area (TPSA) is 67.3 Å². The van der Waals surface area contributed by atoms with E-state index in [1.54, 1.807) is 33.7 Å². The van der Waals surface area contributed by atoms with Crippen molar-refractivity contribution >= 4 is 35.2 Å². The monoisotopic (exact) mass is 644 g/mol. The van der Waals surface area contributed by atoms with Crippen LogP contribution in [0.4, 0.5) is 21.0 Å². The van der Waals surface area contributed by atoms with Crippen LogP contribution in [0, 0.1) is 0 Å². The lowest BCUT2D eigenvalue weighted by molar-refractivity contribution is 0.0766. The van der Waals surface area contributed by atoms with Gasteiger partial charge in [-0.2, -0.15) is 0 Å². The van der Waals surface area contributed by atoms with Crippen LogP contribution in [0.2, 0.25) is 0 Å². The summed E-state index contributed by atoms with van der Waals surface area (Å²) in [6.07, 6.45) is -1.12. The van der Waals surface area contributed by atoms with Crippen molar-refractivity contribution < 1.29 is 14.7 Å². The van der Waals surface area contributed by atoms with Crippen molar-refractivity contribution in [2.24, 2.45) is 0 Å². The molecule has 0 saturated carbocycles. The number of aliphatic hydroxyl groups is 1. The number of hydrogen-bond donors (Lipinski definition) is 1. The Balaban J connectivity index is 1.52. The molecule has 2 atom stereocenters. The Bertz CT molecular complexity index is 1680. The van der Waals surface area contributed by atoms with E-state index < -0.39 is 11.5 Å². The molecule has 0 aliphatic rings. The summed E-state index contributed by atoms with van der Waals surface area (Å²) in [5.74, 6) is 0. The lowest BCUT2D eigenvalue weighted by Gasteiger charge is -2.39. The highest BCUT2D eigenvalue weighted by atomic mass is 32.2. The molecule has 0 fully saturated rings. The van der Waals surface area contributed by atoms with Crippen LogP contribution in [0.3, 0.4) is 0 Å². The van der Waals surface area contributed by atoms with Gasteiger partial charge in [0.25, 0.3) is 0 Å². The van der Waals surface area contributed by atoms with Crippen molar-refractivity contribution in [3.63, 3.8) is 0 Å². The van der Waals surface area contributed by atoms with Gasteiger partial charge in [-0.3, -0.25) is 9.80 Å². The molecule has 5 aromatic rings. The molecule has 0 saturated heterocycles. The molecule has 47 heavy (non-hydrogen) atoms. The molecule has 0 bridgehead atoms. The first-order valence-electron chi connectivity index (χ1n) is 15.6. The van der Waals surface area contributed by atoms with Gasteiger partial charge in [0, 0.05) is 43.5 Å². The summed E-state index contributed by atoms with van der Waals surface area (Å²) in [4.78, 5) is 36.0. The molecule has 240 valence electrons. The molecular formula is C39H40N4O3S. The quantitative estimate of drug-likeness (QED) is 0.111. The van der Waals surface area contributed by atoms with Crippen LogP contribution >= 0.6 is 11.8 Å². The second-order valence-electron chi connectivity index (χ2n) is 11.2. The highest BCUT2D eigenvalue weighted by Crippen LogP contribution is 2.32. The molecule has 0 aliphatic carbocycles. The van der Waals surface area contributed by atoms with E-state index in [0.29, 0.717) is 0 Å². The number of amides is 4. The smallest absolute Gasteiger partial charge is 0.325 e. The third-order valence-corrected chi connectivity index (χ3v) is 9.19. The maximum absolute atomic E-state index is 14.4. The van der Waals surface area contributed by atoms with Gasteiger partial charge in [0.15, 0.2) is 0 Å². The van der Waals surface area contributed by atoms with Gasteiger partial charge in [-0.05, 0) is 47.5 Å². The number of anilines is 2. The van der Waals surface area contributed by atoms with Crippen molar-refractivity contribution in [1.82, 2.24) is 9.80 Å². The maximum atomic E-state index is 14.4. The molecular weight excluding hydrogens is 605 g/mol. The zero-order valence-electron chi connectivity index (χ0n) is 26.7. The molecule has 7 nitrogen and oxygen atoms in total. The summed E-state index contributed by atoms with van der Waals surface area (Å²) in [5, 5.41) is 11.5. The molecule has 0 aromatic heterocycles. The minimum atomic E-state index is -1.12. The van der Waals surface area contributed by atoms with Crippen LogP contribution in [-0.2, 0) is 13.1 Å². The number of urea groups is 2. The number of carbonyl (C=O) groups excluding carboxylic acids is 2. The second kappa shape index (κ2) is 16.5. The van der Waals surface area contributed by atoms with Crippen LogP contribution in [0.25, 0.3) is 0 Å². The molecule has 0 radical (unpaired) electrons. The summed E-state index contributed by atoms with van der Waals surface area (Å²) < 4.78 is 0. The van der Waals surface area contributed by atoms with E-state index in [9.17, 15) is 14.7 Å². The van der Waals surface area contributed by atoms with Gasteiger partial charge >= 0.3 is 12.1 Å². The van der Waals surface area contributed by atoms with Crippen molar-refractivity contribution in [3.05, 3.63) is 163 Å². The Morgan fingerprint density at radius 1 is 0.574 bits per heavy atom. The first-order valence-corrected chi connectivity index (χ1v) is 16.4. The number of aliphatic hydroxyl groups excluding tert-OH is 1. The minimum Gasteiger partial charge on any atom is -0.388 e. The fraction of sp³-hybridized carbons (Fsp3) is 0.179. The average molecular weight is 645 g/mol. The summed E-state index contributed by atoms with van der Waals surface area (Å²) >= 11 is 1.41. The molecule has 5 aromatic carbocycles. The zero-order valence-corrected chi connectivity index (χ0v) is 27.5. The van der Waals surface area contributed by atoms with Gasteiger partial charge in [-0.15, -0.1) is 0 Å². The van der Waals surface area contributed by atoms with Crippen LogP contribution in [0.15, 0.2) is 157 Å². The van der Waals surface area contributed by atoms with E-state index >= 15 is 0 Å². The third kappa shape index (κ3) is 9.03. The molecule has 5 rings (SSSR count). The number of nitrogens with zero attached hydrogens (tertiary/aromatic N) is 4. The molecule has 8 heteroatoms. The van der Waals surface area contributed by atoms with Crippen LogP contribution in [-0.4, -0.2) is 59.1 Å². The van der Waals surface area contributed by atoms with Gasteiger partial charge in [0.2, 0.25) is 0 Å². The van der Waals surface area contributed by atoms with Crippen molar-refractivity contribution in [1.29, 1.82) is 0 Å². The SMILES string of the molecule is CN(C(=O)N(Cc1ccccc1)CC(O)C(Sc1ccccc1)N(Cc1ccccc1)C(=O)N(C)c1ccccc1)c1ccccc1. The normalized spacial score (nSPS) is 12.1. The van der Waals surface area contributed by atoms with Gasteiger partial charge in [0.05, 0.1) is 6.54 Å². The van der Waals surface area contributed by atoms with E-state index in [2.05, 4.69) is 0 Å². The van der Waals surface area contributed by atoms with Crippen LogP contribution in [0.1, 0.15) is 11.1 Å². The van der Waals surface area contributed by atoms with Gasteiger partial charge in [-0.25, -0.2) is 9.59 Å². The Morgan fingerprint density at radius 2 is 0.979 bits per heavy atom. The predicted molar refractivity (Wildman–Crippen MR) is 191 cm³/mol. The third-order valence-electron chi connectivity index (χ3n) is 7.83. The van der Waals surface area contributed by atoms with Crippen LogP contribution < -0.4 is 9.80 Å². The number of para-hydroxylation sites is 2. The average Bonchev–Trinajstić information content (AvgIpc) is 3.13. The second-order valence-corrected chi connectivity index (χ2v) is 12.4. The van der Waals surface area contributed by atoms with Gasteiger partial charge < -0.3 is 14.9 Å². The van der Waals surface area contributed by atoms with E-state index in [4.69, 9.17) is 0 Å². The largest absolute Gasteiger partial charge is 0.388 e. The van der Waals surface area contributed by atoms with Crippen molar-refractivity contribution in [2.75, 3.05) is 30.4 Å². The summed E-state index contributed by atoms with van der Waals surface area (Å²) in [6.45, 7) is 0.533. The van der Waals surface area contributed by atoms with E-state index in [1.165, 1.54) is 11.8 Å². The Labute approximate surface area is 281 Å². The Morgan fingerprint density at radius 3 is 1.47 bits per heavy atom. The van der Waals surface area contributed by atoms with Crippen molar-refractivity contribution in [2.45, 2.75) is 29.5 Å². The fourth-order valence-corrected chi connectivity index (χ4v) is 6.42. The number of thioether (sulfide) groups is 1. The summed E-state index contributed by atoms with van der Waals surface area (Å²) in [7, 11) is 3.48. The lowest BCUT2D eigenvalue weighted by Crippen LogP contribution is -2.53. The van der Waals surface area contributed by atoms with E-state index in [0.717, 1.165) is 27.4 Å². The molecule has 0 heterocycles. The molecule has 2 unspecified atom stereocenters. The molecule has 4 amide bonds. The predicted octanol–water partition coefficient (Wildman–Crippen LogP) is 7.98. The number of carbonyl (C=O) groups is 2. The van der Waals surface area contributed by atoms with E-state index in [-0.39, 0.29) is 31.7 Å². The zero-order chi connectivity index (χ0) is 33.0. The fourth-order valence-electron chi connectivity index (χ4n) is 5.29. The standard InChI is InChI=1S/C39H40N4O3S/c1-40(33-22-12-5-13-23-33)38(45)42(28-31-18-8-3-9-19-31)30-36(44)37(47-35-26-16-7-17-27-35)43(29-32-20-10-4-11-21-32)39(46)41(2)34-24-14-6-15-25-34/h3-27,36-37,44H,28-30H2,1-2H3. The van der Waals surface area contributed by atoms with Crippen molar-refractivity contribution in [3.8, 4) is 0 Å². The van der Waals surface area contributed by atoms with E-state index in [1.807, 2.05) is 152 Å². The number of benzene rings is 5. The Kier molecular flexibility index (Phi) is 11.7. The number of hydrogen-bond acceptors (Lipinski definition) is 4. The minimum absolute atomic E-state index is 0.0109. The Hall–Kier alpha value is -5.05. The van der Waals surface area contributed by atoms with Crippen LogP contribution in [0.5, 0.6) is 0 Å². The number of rotatable bonds is 12. The highest BCUT2D eigenvalue weighted by molar-refractivity contribution is 8.00. The molecule has 0 aliphatic heterocycles. The first-order chi connectivity index (χ1) is 22.9. The lowest BCUT2D eigenvalue weighted by atomic mass is 10.2. The van der Waals surface area contributed by atoms with Gasteiger partial charge in [-0.1, -0.05) is 127 Å². The molecule has 1 N–H and O–H groups in total. The summed E-state index contributed by atoms with van der Waals surface area (Å²) in [6, 6.07) is 47.6. The highest BCUT2D eigenvalue weighted by Gasteiger charge is 2.35. The summed E-state index contributed by atoms with van der Waals surface area (Å²) in [5.41, 5.74) is 3.33.